The Labute approximate surface area is 93.3 Å². The van der Waals surface area contributed by atoms with E-state index >= 15 is 0 Å². The summed E-state index contributed by atoms with van der Waals surface area (Å²) in [4.78, 5) is 11.3. The Morgan fingerprint density at radius 1 is 1.33 bits per heavy atom. The van der Waals surface area contributed by atoms with Crippen LogP contribution in [0.2, 0.25) is 5.02 Å². The maximum absolute atomic E-state index is 13.0. The molecule has 0 fully saturated rings. The second-order valence-electron chi connectivity index (χ2n) is 2.82. The Balaban J connectivity index is 2.74. The number of rotatable bonds is 1. The normalized spacial score (nSPS) is 10.5. The first-order valence-corrected chi connectivity index (χ1v) is 4.73. The van der Waals surface area contributed by atoms with Crippen molar-refractivity contribution in [3.8, 4) is 5.69 Å². The van der Waals surface area contributed by atoms with Gasteiger partial charge in [-0.05, 0) is 30.4 Å². The van der Waals surface area contributed by atoms with E-state index in [1.54, 1.807) is 0 Å². The van der Waals surface area contributed by atoms with Crippen molar-refractivity contribution in [2.45, 2.75) is 0 Å². The highest BCUT2D eigenvalue weighted by atomic mass is 35.5. The van der Waals surface area contributed by atoms with Crippen molar-refractivity contribution >= 4 is 23.8 Å². The molecule has 0 bridgehead atoms. The van der Waals surface area contributed by atoms with E-state index in [9.17, 15) is 9.18 Å². The third kappa shape index (κ3) is 1.86. The zero-order chi connectivity index (χ0) is 11.0. The molecule has 4 nitrogen and oxygen atoms in total. The molecule has 2 aromatic rings. The smallest absolute Gasteiger partial charge is 0.272 e. The SMILES string of the molecule is O=c1[nH][nH]c(=S)n1-c1cc(F)cc(Cl)c1. The van der Waals surface area contributed by atoms with E-state index in [0.717, 1.165) is 10.6 Å². The third-order valence-corrected chi connectivity index (χ3v) is 2.29. The summed E-state index contributed by atoms with van der Waals surface area (Å²) in [5, 5.41) is 4.94. The van der Waals surface area contributed by atoms with Crippen LogP contribution in [-0.2, 0) is 0 Å². The number of halogens is 2. The molecule has 1 heterocycles. The van der Waals surface area contributed by atoms with Gasteiger partial charge in [-0.15, -0.1) is 0 Å². The molecule has 15 heavy (non-hydrogen) atoms. The molecule has 0 spiro atoms. The van der Waals surface area contributed by atoms with Crippen LogP contribution in [0, 0.1) is 10.6 Å². The number of benzene rings is 1. The second-order valence-corrected chi connectivity index (χ2v) is 3.65. The van der Waals surface area contributed by atoms with Crippen molar-refractivity contribution < 1.29 is 4.39 Å². The Kier molecular flexibility index (Phi) is 2.45. The molecule has 0 aliphatic heterocycles. The molecule has 0 amide bonds. The van der Waals surface area contributed by atoms with Gasteiger partial charge in [0.1, 0.15) is 5.82 Å². The Hall–Kier alpha value is -1.40. The van der Waals surface area contributed by atoms with E-state index in [4.69, 9.17) is 23.8 Å². The van der Waals surface area contributed by atoms with Crippen molar-refractivity contribution in [2.75, 3.05) is 0 Å². The van der Waals surface area contributed by atoms with Crippen LogP contribution in [0.25, 0.3) is 5.69 Å². The first-order chi connectivity index (χ1) is 7.08. The zero-order valence-corrected chi connectivity index (χ0v) is 8.82. The van der Waals surface area contributed by atoms with Gasteiger partial charge in [-0.25, -0.2) is 18.9 Å². The van der Waals surface area contributed by atoms with Gasteiger partial charge in [-0.2, -0.15) is 0 Å². The first kappa shape index (κ1) is 10.1. The van der Waals surface area contributed by atoms with Gasteiger partial charge in [0.05, 0.1) is 5.69 Å². The number of aromatic nitrogens is 3. The zero-order valence-electron chi connectivity index (χ0n) is 7.25. The van der Waals surface area contributed by atoms with Gasteiger partial charge < -0.3 is 0 Å². The molecule has 1 aromatic heterocycles. The van der Waals surface area contributed by atoms with Crippen molar-refractivity contribution in [1.82, 2.24) is 14.8 Å². The molecule has 0 aliphatic carbocycles. The molecule has 0 unspecified atom stereocenters. The quantitative estimate of drug-likeness (QED) is 0.756. The van der Waals surface area contributed by atoms with E-state index in [-0.39, 0.29) is 15.5 Å². The largest absolute Gasteiger partial charge is 0.347 e. The lowest BCUT2D eigenvalue weighted by molar-refractivity contribution is 0.626. The maximum Gasteiger partial charge on any atom is 0.347 e. The average Bonchev–Trinajstić information content (AvgIpc) is 2.44. The minimum Gasteiger partial charge on any atom is -0.272 e. The molecule has 2 N–H and O–H groups in total. The van der Waals surface area contributed by atoms with Gasteiger partial charge in [-0.1, -0.05) is 11.6 Å². The first-order valence-electron chi connectivity index (χ1n) is 3.94. The Morgan fingerprint density at radius 3 is 2.60 bits per heavy atom. The van der Waals surface area contributed by atoms with Crippen LogP contribution in [0.3, 0.4) is 0 Å². The summed E-state index contributed by atoms with van der Waals surface area (Å²) in [6.45, 7) is 0. The topological polar surface area (TPSA) is 53.6 Å². The molecule has 1 aromatic carbocycles. The van der Waals surface area contributed by atoms with E-state index in [2.05, 4.69) is 10.2 Å². The third-order valence-electron chi connectivity index (χ3n) is 1.79. The Morgan fingerprint density at radius 2 is 2.07 bits per heavy atom. The predicted octanol–water partition coefficient (Wildman–Crippen LogP) is 2.02. The van der Waals surface area contributed by atoms with E-state index in [0.29, 0.717) is 0 Å². The van der Waals surface area contributed by atoms with Gasteiger partial charge in [0.25, 0.3) is 0 Å². The predicted molar refractivity (Wildman–Crippen MR) is 56.5 cm³/mol. The van der Waals surface area contributed by atoms with E-state index in [1.165, 1.54) is 12.1 Å². The van der Waals surface area contributed by atoms with Crippen LogP contribution in [0.15, 0.2) is 23.0 Å². The lowest BCUT2D eigenvalue weighted by atomic mass is 10.3. The van der Waals surface area contributed by atoms with Crippen molar-refractivity contribution in [3.05, 3.63) is 44.3 Å². The number of H-pyrrole nitrogens is 2. The number of hydrogen-bond acceptors (Lipinski definition) is 2. The van der Waals surface area contributed by atoms with Gasteiger partial charge in [0.2, 0.25) is 4.77 Å². The second kappa shape index (κ2) is 3.63. The summed E-state index contributed by atoms with van der Waals surface area (Å²) in [7, 11) is 0. The standard InChI is InChI=1S/C8H5ClFN3OS/c9-4-1-5(10)3-6(2-4)13-7(14)11-12-8(13)15/h1-3H,(H,11,14)(H,12,15). The van der Waals surface area contributed by atoms with Crippen molar-refractivity contribution in [3.63, 3.8) is 0 Å². The number of hydrogen-bond donors (Lipinski definition) is 2. The van der Waals surface area contributed by atoms with Crippen molar-refractivity contribution in [2.24, 2.45) is 0 Å². The lowest BCUT2D eigenvalue weighted by Gasteiger charge is -2.00. The fourth-order valence-electron chi connectivity index (χ4n) is 1.21. The highest BCUT2D eigenvalue weighted by Gasteiger charge is 2.05. The van der Waals surface area contributed by atoms with Crippen LogP contribution in [-0.4, -0.2) is 14.8 Å². The van der Waals surface area contributed by atoms with Crippen LogP contribution in [0.4, 0.5) is 4.39 Å². The fourth-order valence-corrected chi connectivity index (χ4v) is 1.67. The molecule has 0 saturated carbocycles. The highest BCUT2D eigenvalue weighted by Crippen LogP contribution is 2.16. The van der Waals surface area contributed by atoms with Crippen LogP contribution >= 0.6 is 23.8 Å². The van der Waals surface area contributed by atoms with Crippen LogP contribution < -0.4 is 5.69 Å². The monoisotopic (exact) mass is 245 g/mol. The van der Waals surface area contributed by atoms with Gasteiger partial charge >= 0.3 is 5.69 Å². The van der Waals surface area contributed by atoms with Crippen LogP contribution in [0.1, 0.15) is 0 Å². The summed E-state index contributed by atoms with van der Waals surface area (Å²) in [6, 6.07) is 3.77. The molecular weight excluding hydrogens is 241 g/mol. The summed E-state index contributed by atoms with van der Waals surface area (Å²) in [5.74, 6) is -0.528. The summed E-state index contributed by atoms with van der Waals surface area (Å²) >= 11 is 10.5. The number of nitrogens with zero attached hydrogens (tertiary/aromatic N) is 1. The van der Waals surface area contributed by atoms with E-state index < -0.39 is 11.5 Å². The number of nitrogens with one attached hydrogen (secondary N) is 2. The number of aromatic amines is 2. The molecule has 2 rings (SSSR count). The fraction of sp³-hybridized carbons (Fsp3) is 0. The molecule has 7 heteroatoms. The molecular formula is C8H5ClFN3OS. The average molecular weight is 246 g/mol. The minimum absolute atomic E-state index is 0.154. The molecule has 78 valence electrons. The van der Waals surface area contributed by atoms with Crippen LogP contribution in [0.5, 0.6) is 0 Å². The molecule has 0 radical (unpaired) electrons. The van der Waals surface area contributed by atoms with Gasteiger partial charge in [0.15, 0.2) is 0 Å². The van der Waals surface area contributed by atoms with Gasteiger partial charge in [-0.3, -0.25) is 5.10 Å². The van der Waals surface area contributed by atoms with Crippen molar-refractivity contribution in [1.29, 1.82) is 0 Å². The summed E-state index contributed by atoms with van der Waals surface area (Å²) in [6.07, 6.45) is 0. The van der Waals surface area contributed by atoms with Gasteiger partial charge in [0, 0.05) is 5.02 Å². The maximum atomic E-state index is 13.0. The summed E-state index contributed by atoms with van der Waals surface area (Å²) in [5.41, 5.74) is -0.186. The minimum atomic E-state index is -0.528. The summed E-state index contributed by atoms with van der Waals surface area (Å²) < 4.78 is 14.3. The molecule has 0 saturated heterocycles. The van der Waals surface area contributed by atoms with E-state index in [1.807, 2.05) is 0 Å². The Bertz CT molecular complexity index is 567. The molecule has 0 aliphatic rings. The lowest BCUT2D eigenvalue weighted by Crippen LogP contribution is -2.14. The highest BCUT2D eigenvalue weighted by molar-refractivity contribution is 7.71. The molecule has 0 atom stereocenters.